The molecule has 66 valence electrons. The maximum Gasteiger partial charge on any atom is 1.00 e. The number of hydrogen-bond donors (Lipinski definition) is 2. The van der Waals surface area contributed by atoms with Crippen LogP contribution in [0.3, 0.4) is 0 Å². The monoisotopic (exact) mass is 218 g/mol. The summed E-state index contributed by atoms with van der Waals surface area (Å²) >= 11 is 0. The Balaban J connectivity index is -0.000000500. The molecule has 0 saturated carbocycles. The van der Waals surface area contributed by atoms with Crippen molar-refractivity contribution in [2.45, 2.75) is 12.2 Å². The van der Waals surface area contributed by atoms with E-state index in [-0.39, 0.29) is 59.4 Å². The molecule has 5 nitrogen and oxygen atoms in total. The molecule has 0 saturated heterocycles. The van der Waals surface area contributed by atoms with Crippen molar-refractivity contribution in [1.29, 1.82) is 5.26 Å². The average molecular weight is 218 g/mol. The first-order chi connectivity index (χ1) is 4.93. The molecule has 0 radical (unpaired) electrons. The van der Waals surface area contributed by atoms with Gasteiger partial charge in [-0.1, -0.05) is 0 Å². The second-order valence-corrected chi connectivity index (χ2v) is 3.84. The van der Waals surface area contributed by atoms with Crippen LogP contribution in [-0.2, 0) is 10.1 Å². The van der Waals surface area contributed by atoms with Crippen molar-refractivity contribution < 1.29 is 65.8 Å². The molecule has 0 fully saturated rings. The van der Waals surface area contributed by atoms with E-state index in [4.69, 9.17) is 15.5 Å². The van der Waals surface area contributed by atoms with E-state index in [1.54, 1.807) is 6.07 Å². The molecule has 0 aliphatic carbocycles. The van der Waals surface area contributed by atoms with Crippen LogP contribution in [0.2, 0.25) is 0 Å². The van der Waals surface area contributed by atoms with Crippen LogP contribution in [0.4, 0.5) is 0 Å². The zero-order valence-corrected chi connectivity index (χ0v) is 11.0. The van der Waals surface area contributed by atoms with Crippen molar-refractivity contribution in [3.05, 3.63) is 0 Å². The smallest absolute Gasteiger partial charge is 1.00 e. The van der Waals surface area contributed by atoms with Crippen molar-refractivity contribution in [2.75, 3.05) is 6.54 Å². The van der Waals surface area contributed by atoms with Gasteiger partial charge in [0.15, 0.2) is 0 Å². The quantitative estimate of drug-likeness (QED) is 0.377. The van der Waals surface area contributed by atoms with Gasteiger partial charge in [-0.25, -0.2) is 0 Å². The molecule has 0 spiro atoms. The zero-order chi connectivity index (χ0) is 9.07. The summed E-state index contributed by atoms with van der Waals surface area (Å²) in [6.07, 6.45) is 0. The third-order valence-electron chi connectivity index (χ3n) is 1.38. The maximum absolute atomic E-state index is 10.5. The number of hydrogen-bond acceptors (Lipinski definition) is 4. The fraction of sp³-hybridized carbons (Fsp3) is 0.800. The van der Waals surface area contributed by atoms with Gasteiger partial charge in [-0.2, -0.15) is 13.7 Å². The van der Waals surface area contributed by atoms with E-state index in [1.807, 2.05) is 0 Å². The van der Waals surface area contributed by atoms with Gasteiger partial charge in [0.05, 0.1) is 12.0 Å². The van der Waals surface area contributed by atoms with Gasteiger partial charge in [-0.05, 0) is 6.92 Å². The Bertz CT molecular complexity index is 263. The van der Waals surface area contributed by atoms with E-state index in [0.717, 1.165) is 0 Å². The van der Waals surface area contributed by atoms with Crippen molar-refractivity contribution in [1.82, 2.24) is 0 Å². The molecule has 12 heavy (non-hydrogen) atoms. The fourth-order valence-corrected chi connectivity index (χ4v) is 1.49. The summed E-state index contributed by atoms with van der Waals surface area (Å²) in [5.74, 6) is -0.782. The van der Waals surface area contributed by atoms with Crippen molar-refractivity contribution in [3.8, 4) is 6.07 Å². The van der Waals surface area contributed by atoms with E-state index in [9.17, 15) is 8.42 Å². The first kappa shape index (κ1) is 15.5. The topological polar surface area (TPSA) is 104 Å². The first-order valence-corrected chi connectivity index (χ1v) is 4.49. The Kier molecular flexibility index (Phi) is 8.31. The summed E-state index contributed by atoms with van der Waals surface area (Å²) in [6, 6.07) is 1.70. The predicted octanol–water partition coefficient (Wildman–Crippen LogP) is -3.52. The van der Waals surface area contributed by atoms with Gasteiger partial charge in [0.2, 0.25) is 0 Å². The van der Waals surface area contributed by atoms with Crippen LogP contribution in [0.1, 0.15) is 8.35 Å². The SMILES string of the molecule is CC(C#N)C(CN)S(=O)(=O)O.[H-].[K+]. The molecule has 0 aromatic heterocycles. The number of nitrogens with two attached hydrogens (primary N) is 1. The predicted molar refractivity (Wildman–Crippen MR) is 40.3 cm³/mol. The van der Waals surface area contributed by atoms with Crippen LogP contribution in [0.5, 0.6) is 0 Å². The van der Waals surface area contributed by atoms with Crippen LogP contribution in [0, 0.1) is 17.2 Å². The van der Waals surface area contributed by atoms with Gasteiger partial charge < -0.3 is 7.16 Å². The molecule has 7 heteroatoms. The molecular formula is C5H11KN2O3S. The molecule has 3 N–H and O–H groups in total. The molecule has 2 atom stereocenters. The van der Waals surface area contributed by atoms with Gasteiger partial charge in [0.25, 0.3) is 10.1 Å². The van der Waals surface area contributed by atoms with Gasteiger partial charge in [0, 0.05) is 6.54 Å². The van der Waals surface area contributed by atoms with Crippen LogP contribution < -0.4 is 57.1 Å². The largest absolute Gasteiger partial charge is 1.00 e. The number of nitrogens with zero attached hydrogens (tertiary/aromatic N) is 1. The van der Waals surface area contributed by atoms with Gasteiger partial charge in [-0.15, -0.1) is 0 Å². The van der Waals surface area contributed by atoms with Crippen molar-refractivity contribution >= 4 is 10.1 Å². The number of rotatable bonds is 3. The molecular weight excluding hydrogens is 207 g/mol. The Morgan fingerprint density at radius 2 is 2.17 bits per heavy atom. The van der Waals surface area contributed by atoms with Crippen molar-refractivity contribution in [3.63, 3.8) is 0 Å². The maximum atomic E-state index is 10.5. The minimum Gasteiger partial charge on any atom is -1.00 e. The first-order valence-electron chi connectivity index (χ1n) is 2.99. The molecule has 0 aromatic rings. The molecule has 0 aliphatic rings. The van der Waals surface area contributed by atoms with E-state index in [1.165, 1.54) is 6.92 Å². The Labute approximate surface area is 116 Å². The summed E-state index contributed by atoms with van der Waals surface area (Å²) in [5, 5.41) is 7.14. The van der Waals surface area contributed by atoms with Crippen LogP contribution in [0.25, 0.3) is 0 Å². The normalized spacial score (nSPS) is 15.5. The second kappa shape index (κ2) is 6.45. The van der Waals surface area contributed by atoms with Gasteiger partial charge in [-0.3, -0.25) is 4.55 Å². The minimum atomic E-state index is -4.17. The van der Waals surface area contributed by atoms with Crippen LogP contribution in [0.15, 0.2) is 0 Å². The minimum absolute atomic E-state index is 0. The Morgan fingerprint density at radius 3 is 2.25 bits per heavy atom. The van der Waals surface area contributed by atoms with Gasteiger partial charge in [0.1, 0.15) is 5.25 Å². The molecule has 2 unspecified atom stereocenters. The summed E-state index contributed by atoms with van der Waals surface area (Å²) in [5.41, 5.74) is 5.05. The van der Waals surface area contributed by atoms with E-state index in [2.05, 4.69) is 0 Å². The molecule has 0 rings (SSSR count). The molecule has 0 amide bonds. The third kappa shape index (κ3) is 4.89. The average Bonchev–Trinajstić information content (AvgIpc) is 1.86. The Hall–Kier alpha value is 0.996. The van der Waals surface area contributed by atoms with Crippen LogP contribution in [-0.4, -0.2) is 24.8 Å². The molecule has 0 aliphatic heterocycles. The summed E-state index contributed by atoms with van der Waals surface area (Å²) in [6.45, 7) is 1.15. The molecule has 0 aromatic carbocycles. The summed E-state index contributed by atoms with van der Waals surface area (Å²) in [7, 11) is -4.17. The van der Waals surface area contributed by atoms with E-state index in [0.29, 0.717) is 0 Å². The molecule has 0 heterocycles. The summed E-state index contributed by atoms with van der Waals surface area (Å²) in [4.78, 5) is 0. The number of nitriles is 1. The Morgan fingerprint density at radius 1 is 1.75 bits per heavy atom. The van der Waals surface area contributed by atoms with Crippen LogP contribution >= 0.6 is 0 Å². The van der Waals surface area contributed by atoms with E-state index >= 15 is 0 Å². The molecule has 0 bridgehead atoms. The van der Waals surface area contributed by atoms with Gasteiger partial charge >= 0.3 is 51.4 Å². The van der Waals surface area contributed by atoms with Crippen molar-refractivity contribution in [2.24, 2.45) is 11.7 Å². The standard InChI is InChI=1S/C5H10N2O3S.K.H/c1-4(2-6)5(3-7)11(8,9)10;;/h4-5H,3,7H2,1H3,(H,8,9,10);;/q;+1;-1. The fourth-order valence-electron chi connectivity index (χ4n) is 0.667. The second-order valence-electron chi connectivity index (χ2n) is 2.21. The summed E-state index contributed by atoms with van der Waals surface area (Å²) < 4.78 is 29.5. The zero-order valence-electron chi connectivity index (χ0n) is 8.06. The van der Waals surface area contributed by atoms with E-state index < -0.39 is 21.3 Å². The third-order valence-corrected chi connectivity index (χ3v) is 2.74.